The minimum atomic E-state index is 0.0383. The van der Waals surface area contributed by atoms with Gasteiger partial charge in [0.25, 0.3) is 0 Å². The molecule has 0 radical (unpaired) electrons. The minimum Gasteiger partial charge on any atom is -0.356 e. The molecule has 0 bridgehead atoms. The zero-order chi connectivity index (χ0) is 18.3. The summed E-state index contributed by atoms with van der Waals surface area (Å²) in [6.07, 6.45) is 10.1. The Morgan fingerprint density at radius 1 is 1.08 bits per heavy atom. The van der Waals surface area contributed by atoms with E-state index in [1.165, 1.54) is 51.4 Å². The number of guanidine groups is 1. The van der Waals surface area contributed by atoms with E-state index in [0.29, 0.717) is 11.5 Å². The van der Waals surface area contributed by atoms with Gasteiger partial charge in [0, 0.05) is 38.6 Å². The van der Waals surface area contributed by atoms with Crippen molar-refractivity contribution < 1.29 is 4.79 Å². The molecule has 2 aliphatic carbocycles. The van der Waals surface area contributed by atoms with Gasteiger partial charge in [0.1, 0.15) is 6.54 Å². The van der Waals surface area contributed by atoms with Crippen LogP contribution in [0, 0.1) is 5.41 Å². The van der Waals surface area contributed by atoms with Gasteiger partial charge in [-0.3, -0.25) is 4.79 Å². The Hall–Kier alpha value is -1.30. The van der Waals surface area contributed by atoms with Gasteiger partial charge in [-0.25, -0.2) is 4.99 Å². The smallest absolute Gasteiger partial charge is 0.243 e. The molecule has 0 heterocycles. The lowest BCUT2D eigenvalue weighted by atomic mass is 9.85. The molecule has 0 spiro atoms. The van der Waals surface area contributed by atoms with E-state index in [1.54, 1.807) is 19.0 Å². The molecule has 2 fully saturated rings. The summed E-state index contributed by atoms with van der Waals surface area (Å²) < 4.78 is 0. The van der Waals surface area contributed by atoms with Crippen LogP contribution in [0.2, 0.25) is 0 Å². The average Bonchev–Trinajstić information content (AvgIpc) is 3.21. The van der Waals surface area contributed by atoms with Gasteiger partial charge in [-0.2, -0.15) is 0 Å². The van der Waals surface area contributed by atoms with E-state index in [1.807, 2.05) is 0 Å². The highest BCUT2D eigenvalue weighted by Crippen LogP contribution is 2.37. The monoisotopic (exact) mass is 351 g/mol. The van der Waals surface area contributed by atoms with Crippen molar-refractivity contribution in [2.75, 3.05) is 47.8 Å². The van der Waals surface area contributed by atoms with Crippen LogP contribution in [0.25, 0.3) is 0 Å². The third-order valence-corrected chi connectivity index (χ3v) is 5.51. The van der Waals surface area contributed by atoms with Crippen molar-refractivity contribution in [2.24, 2.45) is 10.4 Å². The second-order valence-corrected chi connectivity index (χ2v) is 8.38. The van der Waals surface area contributed by atoms with Crippen LogP contribution in [0.1, 0.15) is 51.4 Å². The maximum Gasteiger partial charge on any atom is 0.243 e. The fraction of sp³-hybridized carbons (Fsp3) is 0.895. The molecular weight excluding hydrogens is 314 g/mol. The number of nitrogens with one attached hydrogen (secondary N) is 2. The van der Waals surface area contributed by atoms with Crippen molar-refractivity contribution >= 4 is 11.9 Å². The number of carbonyl (C=O) groups excluding carboxylic acids is 1. The highest BCUT2D eigenvalue weighted by molar-refractivity contribution is 5.85. The first-order valence-corrected chi connectivity index (χ1v) is 9.80. The highest BCUT2D eigenvalue weighted by atomic mass is 16.2. The van der Waals surface area contributed by atoms with Gasteiger partial charge in [-0.1, -0.05) is 25.7 Å². The first-order chi connectivity index (χ1) is 11.9. The number of aliphatic imine (C=N–C) groups is 1. The maximum absolute atomic E-state index is 11.9. The predicted molar refractivity (Wildman–Crippen MR) is 104 cm³/mol. The van der Waals surface area contributed by atoms with Crippen LogP contribution in [0.4, 0.5) is 0 Å². The van der Waals surface area contributed by atoms with Crippen molar-refractivity contribution in [1.82, 2.24) is 20.4 Å². The topological polar surface area (TPSA) is 60.0 Å². The number of hydrogen-bond donors (Lipinski definition) is 2. The first kappa shape index (κ1) is 20.0. The molecule has 6 heteroatoms. The lowest BCUT2D eigenvalue weighted by molar-refractivity contribution is -0.127. The van der Waals surface area contributed by atoms with Crippen molar-refractivity contribution in [3.63, 3.8) is 0 Å². The Labute approximate surface area is 153 Å². The van der Waals surface area contributed by atoms with Gasteiger partial charge < -0.3 is 20.4 Å². The molecule has 0 saturated heterocycles. The van der Waals surface area contributed by atoms with Gasteiger partial charge in [-0.15, -0.1) is 0 Å². The number of nitrogens with zero attached hydrogens (tertiary/aromatic N) is 3. The summed E-state index contributed by atoms with van der Waals surface area (Å²) >= 11 is 0. The van der Waals surface area contributed by atoms with Crippen LogP contribution in [-0.4, -0.2) is 75.5 Å². The standard InChI is InChI=1S/C19H37N5O/c1-23(2)15-19(11-7-8-12-19)14-21-18(20-13-17(25)24(3)4)22-16-9-5-6-10-16/h16H,5-15H2,1-4H3,(H2,20,21,22). The largest absolute Gasteiger partial charge is 0.356 e. The highest BCUT2D eigenvalue weighted by Gasteiger charge is 2.34. The van der Waals surface area contributed by atoms with E-state index >= 15 is 0 Å². The SMILES string of the molecule is CN(C)CC1(CNC(=NCC(=O)N(C)C)NC2CCCC2)CCCC1. The van der Waals surface area contributed by atoms with Crippen LogP contribution in [0.15, 0.2) is 4.99 Å². The molecule has 0 aromatic carbocycles. The molecule has 2 saturated carbocycles. The van der Waals surface area contributed by atoms with Crippen LogP contribution in [0.3, 0.4) is 0 Å². The molecule has 2 aliphatic rings. The third-order valence-electron chi connectivity index (χ3n) is 5.51. The predicted octanol–water partition coefficient (Wildman–Crippen LogP) is 1.67. The van der Waals surface area contributed by atoms with Gasteiger partial charge in [0.15, 0.2) is 5.96 Å². The summed E-state index contributed by atoms with van der Waals surface area (Å²) in [6, 6.07) is 0.495. The normalized spacial score (nSPS) is 20.9. The average molecular weight is 352 g/mol. The number of likely N-dealkylation sites (N-methyl/N-ethyl adjacent to an activating group) is 1. The van der Waals surface area contributed by atoms with E-state index in [9.17, 15) is 4.79 Å². The molecule has 1 amide bonds. The molecule has 144 valence electrons. The van der Waals surface area contributed by atoms with Gasteiger partial charge >= 0.3 is 0 Å². The summed E-state index contributed by atoms with van der Waals surface area (Å²) in [6.45, 7) is 2.24. The van der Waals surface area contributed by atoms with Crippen LogP contribution >= 0.6 is 0 Å². The number of hydrogen-bond acceptors (Lipinski definition) is 3. The number of amides is 1. The second-order valence-electron chi connectivity index (χ2n) is 8.38. The zero-order valence-corrected chi connectivity index (χ0v) is 16.6. The molecular formula is C19H37N5O. The van der Waals surface area contributed by atoms with E-state index in [2.05, 4.69) is 34.6 Å². The summed E-state index contributed by atoms with van der Waals surface area (Å²) in [4.78, 5) is 20.4. The molecule has 6 nitrogen and oxygen atoms in total. The zero-order valence-electron chi connectivity index (χ0n) is 16.6. The van der Waals surface area contributed by atoms with Crippen molar-refractivity contribution in [2.45, 2.75) is 57.4 Å². The maximum atomic E-state index is 11.9. The summed E-state index contributed by atoms with van der Waals surface area (Å²) in [7, 11) is 7.86. The quantitative estimate of drug-likeness (QED) is 0.541. The van der Waals surface area contributed by atoms with E-state index < -0.39 is 0 Å². The Balaban J connectivity index is 1.98. The molecule has 2 N–H and O–H groups in total. The fourth-order valence-electron chi connectivity index (χ4n) is 4.16. The molecule has 0 unspecified atom stereocenters. The van der Waals surface area contributed by atoms with E-state index in [-0.39, 0.29) is 12.5 Å². The van der Waals surface area contributed by atoms with Crippen LogP contribution < -0.4 is 10.6 Å². The Morgan fingerprint density at radius 2 is 1.72 bits per heavy atom. The van der Waals surface area contributed by atoms with E-state index in [0.717, 1.165) is 19.0 Å². The van der Waals surface area contributed by atoms with Crippen molar-refractivity contribution in [3.8, 4) is 0 Å². The number of rotatable bonds is 7. The van der Waals surface area contributed by atoms with Crippen LogP contribution in [-0.2, 0) is 4.79 Å². The van der Waals surface area contributed by atoms with Crippen molar-refractivity contribution in [3.05, 3.63) is 0 Å². The van der Waals surface area contributed by atoms with E-state index in [4.69, 9.17) is 0 Å². The first-order valence-electron chi connectivity index (χ1n) is 9.80. The number of carbonyl (C=O) groups is 1. The molecule has 2 rings (SSSR count). The van der Waals surface area contributed by atoms with Gasteiger partial charge in [0.2, 0.25) is 5.91 Å². The molecule has 0 aromatic heterocycles. The fourth-order valence-corrected chi connectivity index (χ4v) is 4.16. The van der Waals surface area contributed by atoms with Gasteiger partial charge in [0.05, 0.1) is 0 Å². The van der Waals surface area contributed by atoms with Crippen molar-refractivity contribution in [1.29, 1.82) is 0 Å². The lowest BCUT2D eigenvalue weighted by Gasteiger charge is -2.33. The summed E-state index contributed by atoms with van der Waals surface area (Å²) in [5, 5.41) is 7.13. The van der Waals surface area contributed by atoms with Crippen LogP contribution in [0.5, 0.6) is 0 Å². The Bertz CT molecular complexity index is 449. The Morgan fingerprint density at radius 3 is 2.28 bits per heavy atom. The third kappa shape index (κ3) is 6.49. The Kier molecular flexibility index (Phi) is 7.54. The lowest BCUT2D eigenvalue weighted by Crippen LogP contribution is -2.48. The molecule has 25 heavy (non-hydrogen) atoms. The van der Waals surface area contributed by atoms with Gasteiger partial charge in [-0.05, 0) is 39.8 Å². The summed E-state index contributed by atoms with van der Waals surface area (Å²) in [5.41, 5.74) is 0.327. The molecule has 0 aliphatic heterocycles. The second kappa shape index (κ2) is 9.41. The molecule has 0 atom stereocenters. The minimum absolute atomic E-state index is 0.0383. The molecule has 0 aromatic rings. The summed E-state index contributed by atoms with van der Waals surface area (Å²) in [5.74, 6) is 0.850.